The van der Waals surface area contributed by atoms with E-state index < -0.39 is 0 Å². The SMILES string of the molecule is CC.CCCCC(CC)CC1(CC(CC)CCCC)c2ccccc2-c2ccc(CC)cc21. The van der Waals surface area contributed by atoms with Gasteiger partial charge >= 0.3 is 0 Å². The number of unbranched alkanes of at least 4 members (excludes halogenated alkanes) is 2. The van der Waals surface area contributed by atoms with E-state index >= 15 is 0 Å². The van der Waals surface area contributed by atoms with Crippen LogP contribution in [0.1, 0.15) is 129 Å². The van der Waals surface area contributed by atoms with Gasteiger partial charge in [0, 0.05) is 5.41 Å². The van der Waals surface area contributed by atoms with Gasteiger partial charge in [-0.15, -0.1) is 0 Å². The summed E-state index contributed by atoms with van der Waals surface area (Å²) in [6.07, 6.45) is 14.5. The van der Waals surface area contributed by atoms with E-state index in [0.29, 0.717) is 0 Å². The first-order valence-corrected chi connectivity index (χ1v) is 14.4. The predicted molar refractivity (Wildman–Crippen MR) is 149 cm³/mol. The lowest BCUT2D eigenvalue weighted by Crippen LogP contribution is -2.31. The molecule has 2 aromatic carbocycles. The zero-order valence-electron chi connectivity index (χ0n) is 23.0. The Morgan fingerprint density at radius 1 is 0.667 bits per heavy atom. The van der Waals surface area contributed by atoms with E-state index in [1.807, 2.05) is 13.8 Å². The van der Waals surface area contributed by atoms with E-state index in [1.165, 1.54) is 80.9 Å². The number of hydrogen-bond acceptors (Lipinski definition) is 0. The van der Waals surface area contributed by atoms with E-state index in [1.54, 1.807) is 11.1 Å². The summed E-state index contributed by atoms with van der Waals surface area (Å²) in [5.74, 6) is 1.63. The van der Waals surface area contributed by atoms with Crippen LogP contribution in [-0.4, -0.2) is 0 Å². The van der Waals surface area contributed by atoms with Crippen LogP contribution in [0.4, 0.5) is 0 Å². The van der Waals surface area contributed by atoms with Gasteiger partial charge in [-0.2, -0.15) is 0 Å². The van der Waals surface area contributed by atoms with Gasteiger partial charge in [-0.25, -0.2) is 0 Å². The molecule has 0 bridgehead atoms. The lowest BCUT2D eigenvalue weighted by Gasteiger charge is -2.38. The van der Waals surface area contributed by atoms with Crippen LogP contribution in [-0.2, 0) is 11.8 Å². The van der Waals surface area contributed by atoms with Crippen molar-refractivity contribution in [2.45, 2.75) is 125 Å². The second-order valence-electron chi connectivity index (χ2n) is 10.1. The Balaban J connectivity index is 0.00000187. The van der Waals surface area contributed by atoms with Gasteiger partial charge in [0.2, 0.25) is 0 Å². The van der Waals surface area contributed by atoms with Crippen molar-refractivity contribution in [1.82, 2.24) is 0 Å². The van der Waals surface area contributed by atoms with E-state index in [4.69, 9.17) is 0 Å². The molecule has 1 aliphatic carbocycles. The van der Waals surface area contributed by atoms with Crippen molar-refractivity contribution in [1.29, 1.82) is 0 Å². The van der Waals surface area contributed by atoms with Crippen molar-refractivity contribution in [2.75, 3.05) is 0 Å². The van der Waals surface area contributed by atoms with Crippen LogP contribution in [0, 0.1) is 11.8 Å². The van der Waals surface area contributed by atoms with Crippen LogP contribution in [0.3, 0.4) is 0 Å². The Bertz CT molecular complexity index is 797. The summed E-state index contributed by atoms with van der Waals surface area (Å²) in [5, 5.41) is 0. The molecule has 2 unspecified atom stereocenters. The maximum Gasteiger partial charge on any atom is 0.0220 e. The van der Waals surface area contributed by atoms with Gasteiger partial charge in [0.15, 0.2) is 0 Å². The third-order valence-corrected chi connectivity index (χ3v) is 8.10. The summed E-state index contributed by atoms with van der Waals surface area (Å²) in [4.78, 5) is 0. The lowest BCUT2D eigenvalue weighted by atomic mass is 9.65. The molecule has 0 aliphatic heterocycles. The standard InChI is InChI=1S/C31H46.C2H6/c1-6-11-15-25(9-4)22-31(23-26(10-5)16-12-7-2)29-18-14-13-17-27(29)28-20-19-24(8-3)21-30(28)31;1-2/h13-14,17-21,25-26H,6-12,15-16,22-23H2,1-5H3;1-2H3. The van der Waals surface area contributed by atoms with E-state index in [0.717, 1.165) is 18.3 Å². The first-order valence-electron chi connectivity index (χ1n) is 14.4. The zero-order chi connectivity index (χ0) is 24.3. The van der Waals surface area contributed by atoms with Crippen LogP contribution in [0.2, 0.25) is 0 Å². The molecule has 0 heteroatoms. The van der Waals surface area contributed by atoms with Crippen LogP contribution in [0.5, 0.6) is 0 Å². The molecule has 184 valence electrons. The molecule has 0 heterocycles. The Kier molecular flexibility index (Phi) is 11.7. The second-order valence-corrected chi connectivity index (χ2v) is 10.1. The second kappa shape index (κ2) is 14.0. The number of fused-ring (bicyclic) bond motifs is 3. The molecule has 0 amide bonds. The van der Waals surface area contributed by atoms with Crippen molar-refractivity contribution in [3.05, 3.63) is 59.2 Å². The smallest absolute Gasteiger partial charge is 0.0220 e. The molecule has 0 radical (unpaired) electrons. The van der Waals surface area contributed by atoms with Crippen LogP contribution in [0.15, 0.2) is 42.5 Å². The molecule has 0 spiro atoms. The highest BCUT2D eigenvalue weighted by molar-refractivity contribution is 5.81. The van der Waals surface area contributed by atoms with Gasteiger partial charge in [-0.1, -0.05) is 142 Å². The topological polar surface area (TPSA) is 0 Å². The summed E-state index contributed by atoms with van der Waals surface area (Å²) < 4.78 is 0. The Labute approximate surface area is 206 Å². The third kappa shape index (κ3) is 6.32. The molecule has 33 heavy (non-hydrogen) atoms. The summed E-state index contributed by atoms with van der Waals surface area (Å²) in [6, 6.07) is 16.8. The summed E-state index contributed by atoms with van der Waals surface area (Å²) in [5.41, 5.74) is 8.00. The van der Waals surface area contributed by atoms with E-state index in [9.17, 15) is 0 Å². The summed E-state index contributed by atoms with van der Waals surface area (Å²) in [7, 11) is 0. The monoisotopic (exact) mass is 448 g/mol. The van der Waals surface area contributed by atoms with Gasteiger partial charge in [-0.3, -0.25) is 0 Å². The van der Waals surface area contributed by atoms with E-state index in [2.05, 4.69) is 77.1 Å². The fraction of sp³-hybridized carbons (Fsp3) is 0.636. The lowest BCUT2D eigenvalue weighted by molar-refractivity contribution is 0.266. The minimum atomic E-state index is 0.194. The first kappa shape index (κ1) is 27.7. The number of aryl methyl sites for hydroxylation is 1. The Morgan fingerprint density at radius 3 is 1.73 bits per heavy atom. The summed E-state index contributed by atoms with van der Waals surface area (Å²) in [6.45, 7) is 15.8. The molecule has 3 rings (SSSR count). The average Bonchev–Trinajstić information content (AvgIpc) is 3.14. The third-order valence-electron chi connectivity index (χ3n) is 8.10. The number of benzene rings is 2. The fourth-order valence-electron chi connectivity index (χ4n) is 6.12. The minimum absolute atomic E-state index is 0.194. The summed E-state index contributed by atoms with van der Waals surface area (Å²) >= 11 is 0. The highest BCUT2D eigenvalue weighted by Gasteiger charge is 2.45. The predicted octanol–water partition coefficient (Wildman–Crippen LogP) is 10.8. The fourth-order valence-corrected chi connectivity index (χ4v) is 6.12. The van der Waals surface area contributed by atoms with Crippen LogP contribution < -0.4 is 0 Å². The Hall–Kier alpha value is -1.56. The van der Waals surface area contributed by atoms with Crippen LogP contribution >= 0.6 is 0 Å². The van der Waals surface area contributed by atoms with Gasteiger partial charge in [0.1, 0.15) is 0 Å². The highest BCUT2D eigenvalue weighted by atomic mass is 14.5. The molecule has 2 aromatic rings. The van der Waals surface area contributed by atoms with E-state index in [-0.39, 0.29) is 5.41 Å². The quantitative estimate of drug-likeness (QED) is 0.286. The van der Waals surface area contributed by atoms with Crippen molar-refractivity contribution >= 4 is 0 Å². The highest BCUT2D eigenvalue weighted by Crippen LogP contribution is 2.56. The molecule has 1 aliphatic rings. The molecule has 0 nitrogen and oxygen atoms in total. The zero-order valence-corrected chi connectivity index (χ0v) is 23.0. The normalized spacial score (nSPS) is 18.2. The molecule has 2 atom stereocenters. The molecule has 0 saturated carbocycles. The van der Waals surface area contributed by atoms with Crippen molar-refractivity contribution in [3.63, 3.8) is 0 Å². The Morgan fingerprint density at radius 2 is 1.21 bits per heavy atom. The van der Waals surface area contributed by atoms with Gasteiger partial charge in [0.25, 0.3) is 0 Å². The van der Waals surface area contributed by atoms with Crippen molar-refractivity contribution in [3.8, 4) is 11.1 Å². The molecule has 0 N–H and O–H groups in total. The first-order chi connectivity index (χ1) is 16.1. The minimum Gasteiger partial charge on any atom is -0.0683 e. The van der Waals surface area contributed by atoms with Gasteiger partial charge < -0.3 is 0 Å². The van der Waals surface area contributed by atoms with Crippen LogP contribution in [0.25, 0.3) is 11.1 Å². The average molecular weight is 449 g/mol. The molecule has 0 fully saturated rings. The van der Waals surface area contributed by atoms with Crippen molar-refractivity contribution < 1.29 is 0 Å². The van der Waals surface area contributed by atoms with Gasteiger partial charge in [0.05, 0.1) is 0 Å². The number of rotatable bonds is 13. The maximum absolute atomic E-state index is 2.59. The molecule has 0 saturated heterocycles. The van der Waals surface area contributed by atoms with Gasteiger partial charge in [-0.05, 0) is 58.9 Å². The van der Waals surface area contributed by atoms with Crippen molar-refractivity contribution in [2.24, 2.45) is 11.8 Å². The number of hydrogen-bond donors (Lipinski definition) is 0. The molecular formula is C33H52. The molecular weight excluding hydrogens is 396 g/mol. The molecule has 0 aromatic heterocycles. The maximum atomic E-state index is 2.59. The largest absolute Gasteiger partial charge is 0.0683 e.